The number of rotatable bonds is 2. The van der Waals surface area contributed by atoms with E-state index in [4.69, 9.17) is 23.1 Å². The molecule has 0 amide bonds. The van der Waals surface area contributed by atoms with E-state index in [1.54, 1.807) is 30.3 Å². The smallest absolute Gasteiger partial charge is 0.195 e. The number of anilines is 2. The fourth-order valence-electron chi connectivity index (χ4n) is 1.96. The second-order valence-corrected chi connectivity index (χ2v) is 5.00. The summed E-state index contributed by atoms with van der Waals surface area (Å²) in [6.07, 6.45) is 0. The Morgan fingerprint density at radius 2 is 1.68 bits per heavy atom. The van der Waals surface area contributed by atoms with Crippen molar-refractivity contribution in [3.8, 4) is 0 Å². The molecule has 0 aliphatic carbocycles. The third kappa shape index (κ3) is 2.56. The molecular formula is C15H15ClN2O. The molecule has 0 atom stereocenters. The highest BCUT2D eigenvalue weighted by Crippen LogP contribution is 2.25. The predicted octanol–water partition coefficient (Wildman–Crippen LogP) is 3.35. The largest absolute Gasteiger partial charge is 0.399 e. The topological polar surface area (TPSA) is 69.1 Å². The summed E-state index contributed by atoms with van der Waals surface area (Å²) < 4.78 is 0. The van der Waals surface area contributed by atoms with Crippen LogP contribution in [0, 0.1) is 13.8 Å². The Hall–Kier alpha value is -2.00. The van der Waals surface area contributed by atoms with Gasteiger partial charge in [0, 0.05) is 27.5 Å². The Labute approximate surface area is 117 Å². The van der Waals surface area contributed by atoms with Gasteiger partial charge in [0.15, 0.2) is 5.78 Å². The molecule has 2 aromatic carbocycles. The van der Waals surface area contributed by atoms with Crippen LogP contribution in [0.3, 0.4) is 0 Å². The molecule has 0 aromatic heterocycles. The lowest BCUT2D eigenvalue weighted by Crippen LogP contribution is -2.08. The van der Waals surface area contributed by atoms with Crippen LogP contribution in [0.2, 0.25) is 5.02 Å². The molecule has 2 aromatic rings. The van der Waals surface area contributed by atoms with Crippen LogP contribution >= 0.6 is 11.6 Å². The Kier molecular flexibility index (Phi) is 3.49. The predicted molar refractivity (Wildman–Crippen MR) is 79.6 cm³/mol. The van der Waals surface area contributed by atoms with Crippen LogP contribution in [0.4, 0.5) is 11.4 Å². The van der Waals surface area contributed by atoms with Crippen LogP contribution in [-0.2, 0) is 0 Å². The maximum Gasteiger partial charge on any atom is 0.195 e. The van der Waals surface area contributed by atoms with E-state index < -0.39 is 0 Å². The number of hydrogen-bond acceptors (Lipinski definition) is 3. The monoisotopic (exact) mass is 274 g/mol. The average Bonchev–Trinajstić information content (AvgIpc) is 2.33. The second-order valence-electron chi connectivity index (χ2n) is 4.59. The summed E-state index contributed by atoms with van der Waals surface area (Å²) in [7, 11) is 0. The van der Waals surface area contributed by atoms with E-state index in [2.05, 4.69) is 0 Å². The fourth-order valence-corrected chi connectivity index (χ4v) is 2.18. The molecule has 0 aliphatic heterocycles. The van der Waals surface area contributed by atoms with Crippen molar-refractivity contribution >= 4 is 28.8 Å². The van der Waals surface area contributed by atoms with Gasteiger partial charge in [-0.15, -0.1) is 0 Å². The first-order chi connectivity index (χ1) is 8.90. The van der Waals surface area contributed by atoms with Gasteiger partial charge in [-0.2, -0.15) is 0 Å². The number of carbonyl (C=O) groups excluding carboxylic acids is 1. The van der Waals surface area contributed by atoms with Crippen molar-refractivity contribution in [1.82, 2.24) is 0 Å². The molecule has 0 unspecified atom stereocenters. The first-order valence-electron chi connectivity index (χ1n) is 5.86. The number of aryl methyl sites for hydroxylation is 2. The van der Waals surface area contributed by atoms with Crippen molar-refractivity contribution < 1.29 is 4.79 Å². The molecule has 0 saturated heterocycles. The number of nitrogens with two attached hydrogens (primary N) is 2. The number of benzene rings is 2. The summed E-state index contributed by atoms with van der Waals surface area (Å²) in [4.78, 5) is 12.5. The molecule has 0 aliphatic rings. The molecule has 0 spiro atoms. The minimum absolute atomic E-state index is 0.116. The van der Waals surface area contributed by atoms with Crippen LogP contribution in [0.5, 0.6) is 0 Å². The van der Waals surface area contributed by atoms with E-state index in [0.717, 1.165) is 11.1 Å². The molecule has 98 valence electrons. The number of nitrogen functional groups attached to an aromatic ring is 2. The molecule has 0 saturated carbocycles. The van der Waals surface area contributed by atoms with Gasteiger partial charge in [0.2, 0.25) is 0 Å². The zero-order chi connectivity index (χ0) is 14.2. The molecule has 0 heterocycles. The van der Waals surface area contributed by atoms with Crippen molar-refractivity contribution in [2.75, 3.05) is 11.5 Å². The van der Waals surface area contributed by atoms with E-state index in [1.807, 2.05) is 13.8 Å². The number of halogens is 1. The minimum atomic E-state index is -0.116. The van der Waals surface area contributed by atoms with E-state index in [0.29, 0.717) is 27.5 Å². The van der Waals surface area contributed by atoms with E-state index in [-0.39, 0.29) is 5.78 Å². The van der Waals surface area contributed by atoms with Crippen LogP contribution in [-0.4, -0.2) is 5.78 Å². The zero-order valence-corrected chi connectivity index (χ0v) is 11.6. The minimum Gasteiger partial charge on any atom is -0.399 e. The Morgan fingerprint density at radius 1 is 1.00 bits per heavy atom. The highest BCUT2D eigenvalue weighted by molar-refractivity contribution is 6.31. The van der Waals surface area contributed by atoms with Gasteiger partial charge in [-0.1, -0.05) is 11.6 Å². The highest BCUT2D eigenvalue weighted by atomic mass is 35.5. The third-order valence-electron chi connectivity index (χ3n) is 3.07. The van der Waals surface area contributed by atoms with Crippen LogP contribution in [0.25, 0.3) is 0 Å². The quantitative estimate of drug-likeness (QED) is 0.652. The van der Waals surface area contributed by atoms with Crippen molar-refractivity contribution in [1.29, 1.82) is 0 Å². The molecule has 0 bridgehead atoms. The van der Waals surface area contributed by atoms with E-state index in [1.165, 1.54) is 0 Å². The van der Waals surface area contributed by atoms with Gasteiger partial charge >= 0.3 is 0 Å². The van der Waals surface area contributed by atoms with Crippen molar-refractivity contribution in [3.05, 3.63) is 57.6 Å². The van der Waals surface area contributed by atoms with Gasteiger partial charge in [-0.25, -0.2) is 0 Å². The van der Waals surface area contributed by atoms with Gasteiger partial charge in [0.25, 0.3) is 0 Å². The van der Waals surface area contributed by atoms with Crippen LogP contribution in [0.1, 0.15) is 27.0 Å². The lowest BCUT2D eigenvalue weighted by atomic mass is 9.96. The van der Waals surface area contributed by atoms with Crippen LogP contribution in [0.15, 0.2) is 30.3 Å². The first kappa shape index (κ1) is 13.4. The van der Waals surface area contributed by atoms with Gasteiger partial charge in [0.05, 0.1) is 0 Å². The molecule has 0 fully saturated rings. The molecule has 0 radical (unpaired) electrons. The molecule has 2 rings (SSSR count). The maximum atomic E-state index is 12.5. The Balaban J connectivity index is 2.53. The van der Waals surface area contributed by atoms with Gasteiger partial charge in [0.1, 0.15) is 0 Å². The Morgan fingerprint density at radius 3 is 2.32 bits per heavy atom. The lowest BCUT2D eigenvalue weighted by molar-refractivity contribution is 0.103. The number of ketones is 1. The van der Waals surface area contributed by atoms with Crippen molar-refractivity contribution in [2.45, 2.75) is 13.8 Å². The molecule has 4 N–H and O–H groups in total. The third-order valence-corrected chi connectivity index (χ3v) is 3.48. The Bertz CT molecular complexity index is 665. The van der Waals surface area contributed by atoms with E-state index in [9.17, 15) is 4.79 Å². The SMILES string of the molecule is Cc1cc(C(=O)c2ccc(N)cc2N)c(C)cc1Cl. The van der Waals surface area contributed by atoms with Crippen molar-refractivity contribution in [3.63, 3.8) is 0 Å². The first-order valence-corrected chi connectivity index (χ1v) is 6.24. The van der Waals surface area contributed by atoms with Gasteiger partial charge in [-0.3, -0.25) is 4.79 Å². The summed E-state index contributed by atoms with van der Waals surface area (Å²) in [5, 5.41) is 0.652. The van der Waals surface area contributed by atoms with E-state index >= 15 is 0 Å². The molecular weight excluding hydrogens is 260 g/mol. The summed E-state index contributed by atoms with van der Waals surface area (Å²) in [6.45, 7) is 3.72. The molecule has 4 heteroatoms. The summed E-state index contributed by atoms with van der Waals surface area (Å²) in [5.41, 5.74) is 15.2. The van der Waals surface area contributed by atoms with Gasteiger partial charge < -0.3 is 11.5 Å². The number of hydrogen-bond donors (Lipinski definition) is 2. The molecule has 3 nitrogen and oxygen atoms in total. The average molecular weight is 275 g/mol. The van der Waals surface area contributed by atoms with Crippen LogP contribution < -0.4 is 11.5 Å². The standard InChI is InChI=1S/C15H15ClN2O/c1-8-6-13(16)9(2)5-12(8)15(19)11-4-3-10(17)7-14(11)18/h3-7H,17-18H2,1-2H3. The second kappa shape index (κ2) is 4.94. The number of carbonyl (C=O) groups is 1. The zero-order valence-electron chi connectivity index (χ0n) is 10.8. The lowest BCUT2D eigenvalue weighted by Gasteiger charge is -2.10. The van der Waals surface area contributed by atoms with Crippen molar-refractivity contribution in [2.24, 2.45) is 0 Å². The summed E-state index contributed by atoms with van der Waals surface area (Å²) in [6, 6.07) is 8.48. The summed E-state index contributed by atoms with van der Waals surface area (Å²) in [5.74, 6) is -0.116. The van der Waals surface area contributed by atoms with Gasteiger partial charge in [-0.05, 0) is 55.3 Å². The highest BCUT2D eigenvalue weighted by Gasteiger charge is 2.16. The summed E-state index contributed by atoms with van der Waals surface area (Å²) >= 11 is 6.04. The normalized spacial score (nSPS) is 10.5. The maximum absolute atomic E-state index is 12.5. The fraction of sp³-hybridized carbons (Fsp3) is 0.133. The molecule has 19 heavy (non-hydrogen) atoms.